The molecule has 2 aliphatic rings. The standard InChI is InChI=1S/C15H15N3O2/c1-8-4-9(2)13-12(5-8)18-15(20-13)6-10(3)19-14(17)11(15)7-16/h4-6,18H,17H2,1-3H3/t15-/m1/s1. The van der Waals surface area contributed by atoms with Crippen molar-refractivity contribution in [2.75, 3.05) is 5.32 Å². The van der Waals surface area contributed by atoms with Gasteiger partial charge in [-0.15, -0.1) is 0 Å². The van der Waals surface area contributed by atoms with Crippen LogP contribution in [0.15, 0.2) is 35.4 Å². The summed E-state index contributed by atoms with van der Waals surface area (Å²) in [4.78, 5) is 0. The van der Waals surface area contributed by atoms with Crippen molar-refractivity contribution in [2.45, 2.75) is 26.5 Å². The van der Waals surface area contributed by atoms with E-state index in [9.17, 15) is 5.26 Å². The summed E-state index contributed by atoms with van der Waals surface area (Å²) < 4.78 is 11.3. The normalized spacial score (nSPS) is 23.4. The van der Waals surface area contributed by atoms with Gasteiger partial charge in [-0.1, -0.05) is 6.07 Å². The third-order valence-electron chi connectivity index (χ3n) is 3.41. The van der Waals surface area contributed by atoms with Crippen LogP contribution in [0.2, 0.25) is 0 Å². The summed E-state index contributed by atoms with van der Waals surface area (Å²) in [6.45, 7) is 5.76. The maximum Gasteiger partial charge on any atom is 0.245 e. The van der Waals surface area contributed by atoms with Crippen molar-refractivity contribution in [1.29, 1.82) is 5.26 Å². The smallest absolute Gasteiger partial charge is 0.245 e. The van der Waals surface area contributed by atoms with Gasteiger partial charge >= 0.3 is 0 Å². The highest BCUT2D eigenvalue weighted by atomic mass is 16.5. The number of hydrogen-bond acceptors (Lipinski definition) is 5. The van der Waals surface area contributed by atoms with E-state index in [2.05, 4.69) is 11.4 Å². The van der Waals surface area contributed by atoms with E-state index >= 15 is 0 Å². The highest BCUT2D eigenvalue weighted by Crippen LogP contribution is 2.45. The van der Waals surface area contributed by atoms with E-state index in [0.29, 0.717) is 5.76 Å². The van der Waals surface area contributed by atoms with Gasteiger partial charge in [-0.25, -0.2) is 0 Å². The molecule has 5 nitrogen and oxygen atoms in total. The lowest BCUT2D eigenvalue weighted by atomic mass is 10.0. The summed E-state index contributed by atoms with van der Waals surface area (Å²) >= 11 is 0. The largest absolute Gasteiger partial charge is 0.457 e. The van der Waals surface area contributed by atoms with Crippen LogP contribution in [0.1, 0.15) is 18.1 Å². The van der Waals surface area contributed by atoms with Crippen LogP contribution in [0.5, 0.6) is 5.75 Å². The predicted octanol–water partition coefficient (Wildman–Crippen LogP) is 2.43. The molecule has 0 saturated heterocycles. The Balaban J connectivity index is 2.15. The molecular weight excluding hydrogens is 254 g/mol. The molecule has 1 atom stereocenters. The fourth-order valence-corrected chi connectivity index (χ4v) is 2.68. The van der Waals surface area contributed by atoms with E-state index in [0.717, 1.165) is 22.6 Å². The lowest BCUT2D eigenvalue weighted by Crippen LogP contribution is -2.44. The summed E-state index contributed by atoms with van der Waals surface area (Å²) in [5.41, 5.74) is 7.97. The van der Waals surface area contributed by atoms with E-state index in [-0.39, 0.29) is 11.5 Å². The van der Waals surface area contributed by atoms with Crippen LogP contribution >= 0.6 is 0 Å². The van der Waals surface area contributed by atoms with Crippen molar-refractivity contribution in [1.82, 2.24) is 0 Å². The second kappa shape index (κ2) is 3.94. The molecular formula is C15H15N3O2. The molecule has 3 rings (SSSR count). The minimum atomic E-state index is -1.07. The number of nitrogens with one attached hydrogen (secondary N) is 1. The summed E-state index contributed by atoms with van der Waals surface area (Å²) in [6.07, 6.45) is 1.73. The Morgan fingerprint density at radius 3 is 2.75 bits per heavy atom. The lowest BCUT2D eigenvalue weighted by Gasteiger charge is -2.30. The zero-order valence-electron chi connectivity index (χ0n) is 11.6. The second-order valence-corrected chi connectivity index (χ2v) is 5.13. The van der Waals surface area contributed by atoms with Gasteiger partial charge < -0.3 is 20.5 Å². The number of nitriles is 1. The van der Waals surface area contributed by atoms with Gasteiger partial charge in [0.2, 0.25) is 11.6 Å². The molecule has 1 spiro atoms. The van der Waals surface area contributed by atoms with E-state index in [1.54, 1.807) is 13.0 Å². The summed E-state index contributed by atoms with van der Waals surface area (Å²) in [5, 5.41) is 12.6. The molecule has 5 heteroatoms. The number of anilines is 1. The number of nitrogens with zero attached hydrogens (tertiary/aromatic N) is 1. The summed E-state index contributed by atoms with van der Waals surface area (Å²) in [7, 11) is 0. The minimum Gasteiger partial charge on any atom is -0.457 e. The van der Waals surface area contributed by atoms with Gasteiger partial charge in [-0.05, 0) is 38.0 Å². The van der Waals surface area contributed by atoms with Crippen molar-refractivity contribution in [3.63, 3.8) is 0 Å². The Morgan fingerprint density at radius 2 is 2.05 bits per heavy atom. The van der Waals surface area contributed by atoms with Gasteiger partial charge in [0.05, 0.1) is 5.69 Å². The fraction of sp³-hybridized carbons (Fsp3) is 0.267. The van der Waals surface area contributed by atoms with Crippen LogP contribution in [0.3, 0.4) is 0 Å². The van der Waals surface area contributed by atoms with Crippen LogP contribution in [0.25, 0.3) is 0 Å². The average Bonchev–Trinajstić information content (AvgIpc) is 2.67. The van der Waals surface area contributed by atoms with Gasteiger partial charge in [-0.2, -0.15) is 5.26 Å². The first-order valence-electron chi connectivity index (χ1n) is 6.31. The molecule has 0 saturated carbocycles. The topological polar surface area (TPSA) is 80.3 Å². The lowest BCUT2D eigenvalue weighted by molar-refractivity contribution is 0.174. The highest BCUT2D eigenvalue weighted by molar-refractivity contribution is 5.70. The summed E-state index contributed by atoms with van der Waals surface area (Å²) in [5.74, 6) is 1.40. The fourth-order valence-electron chi connectivity index (χ4n) is 2.68. The SMILES string of the molecule is CC1=C[C@]2(Nc3cc(C)cc(C)c3O2)C(C#N)=C(N)O1. The van der Waals surface area contributed by atoms with E-state index < -0.39 is 5.72 Å². The number of benzene rings is 1. The Labute approximate surface area is 117 Å². The van der Waals surface area contributed by atoms with Crippen molar-refractivity contribution in [3.8, 4) is 11.8 Å². The molecule has 0 aromatic heterocycles. The van der Waals surface area contributed by atoms with Gasteiger partial charge in [0.15, 0.2) is 5.57 Å². The van der Waals surface area contributed by atoms with E-state index in [1.165, 1.54) is 0 Å². The first kappa shape index (κ1) is 12.4. The molecule has 0 amide bonds. The molecule has 20 heavy (non-hydrogen) atoms. The Bertz CT molecular complexity index is 713. The molecule has 1 aromatic carbocycles. The Morgan fingerprint density at radius 1 is 1.30 bits per heavy atom. The molecule has 2 aliphatic heterocycles. The van der Waals surface area contributed by atoms with Crippen molar-refractivity contribution < 1.29 is 9.47 Å². The van der Waals surface area contributed by atoms with Gasteiger partial charge in [0.1, 0.15) is 17.6 Å². The molecule has 0 unspecified atom stereocenters. The maximum absolute atomic E-state index is 9.36. The third kappa shape index (κ3) is 1.62. The molecule has 1 aromatic rings. The van der Waals surface area contributed by atoms with Gasteiger partial charge in [-0.3, -0.25) is 0 Å². The van der Waals surface area contributed by atoms with Crippen molar-refractivity contribution in [2.24, 2.45) is 5.73 Å². The number of nitrogens with two attached hydrogens (primary N) is 1. The highest BCUT2D eigenvalue weighted by Gasteiger charge is 2.46. The zero-order valence-corrected chi connectivity index (χ0v) is 11.6. The van der Waals surface area contributed by atoms with Crippen LogP contribution in [0, 0.1) is 25.2 Å². The Hall–Kier alpha value is -2.61. The van der Waals surface area contributed by atoms with Crippen molar-refractivity contribution >= 4 is 5.69 Å². The number of aryl methyl sites for hydroxylation is 2. The number of ether oxygens (including phenoxy) is 2. The molecule has 0 bridgehead atoms. The first-order valence-corrected chi connectivity index (χ1v) is 6.31. The first-order chi connectivity index (χ1) is 9.45. The maximum atomic E-state index is 9.36. The van der Waals surface area contributed by atoms with Crippen LogP contribution < -0.4 is 15.8 Å². The Kier molecular flexibility index (Phi) is 2.45. The molecule has 0 fully saturated rings. The predicted molar refractivity (Wildman–Crippen MR) is 74.6 cm³/mol. The molecule has 0 radical (unpaired) electrons. The van der Waals surface area contributed by atoms with Crippen molar-refractivity contribution in [3.05, 3.63) is 46.6 Å². The van der Waals surface area contributed by atoms with Crippen LogP contribution in [0.4, 0.5) is 5.69 Å². The average molecular weight is 269 g/mol. The number of allylic oxidation sites excluding steroid dienone is 1. The molecule has 102 valence electrons. The number of fused-ring (bicyclic) bond motifs is 1. The summed E-state index contributed by atoms with van der Waals surface area (Å²) in [6, 6.07) is 6.10. The third-order valence-corrected chi connectivity index (χ3v) is 3.41. The monoisotopic (exact) mass is 269 g/mol. The van der Waals surface area contributed by atoms with Crippen LogP contribution in [-0.2, 0) is 4.74 Å². The quantitative estimate of drug-likeness (QED) is 0.756. The number of rotatable bonds is 0. The second-order valence-electron chi connectivity index (χ2n) is 5.13. The molecule has 2 heterocycles. The zero-order chi connectivity index (χ0) is 14.5. The van der Waals surface area contributed by atoms with E-state index in [4.69, 9.17) is 15.2 Å². The minimum absolute atomic E-state index is 0.0715. The van der Waals surface area contributed by atoms with Gasteiger partial charge in [0, 0.05) is 6.08 Å². The number of hydrogen-bond donors (Lipinski definition) is 2. The van der Waals surface area contributed by atoms with E-state index in [1.807, 2.05) is 26.0 Å². The van der Waals surface area contributed by atoms with Gasteiger partial charge in [0.25, 0.3) is 0 Å². The van der Waals surface area contributed by atoms with Crippen LogP contribution in [-0.4, -0.2) is 5.72 Å². The molecule has 3 N–H and O–H groups in total. The molecule has 0 aliphatic carbocycles.